The Balaban J connectivity index is 0. The lowest BCUT2D eigenvalue weighted by Crippen LogP contribution is -2.41. The van der Waals surface area contributed by atoms with Gasteiger partial charge in [0, 0.05) is 54.4 Å². The zero-order chi connectivity index (χ0) is 22.4. The minimum absolute atomic E-state index is 0.606. The summed E-state index contributed by atoms with van der Waals surface area (Å²) in [5, 5.41) is 0. The summed E-state index contributed by atoms with van der Waals surface area (Å²) >= 11 is 0. The molecule has 0 aliphatic heterocycles. The molecule has 172 valence electrons. The first-order chi connectivity index (χ1) is 12.9. The average Bonchev–Trinajstić information content (AvgIpc) is 2.61. The monoisotopic (exact) mass is 444 g/mol. The van der Waals surface area contributed by atoms with E-state index >= 15 is 0 Å². The van der Waals surface area contributed by atoms with Crippen molar-refractivity contribution in [1.29, 1.82) is 0 Å². The van der Waals surface area contributed by atoms with Crippen molar-refractivity contribution in [3.63, 3.8) is 0 Å². The zero-order valence-corrected chi connectivity index (χ0v) is 20.9. The van der Waals surface area contributed by atoms with E-state index in [4.69, 9.17) is 0 Å². The molecule has 0 bridgehead atoms. The number of rotatable bonds is 14. The van der Waals surface area contributed by atoms with Gasteiger partial charge in [0.15, 0.2) is 0 Å². The molecular formula is C18H44N4O4S2. The van der Waals surface area contributed by atoms with E-state index in [-0.39, 0.29) is 0 Å². The molecule has 0 unspecified atom stereocenters. The molecule has 0 N–H and O–H groups in total. The molecule has 0 radical (unpaired) electrons. The molecule has 0 aromatic carbocycles. The van der Waals surface area contributed by atoms with Crippen molar-refractivity contribution in [3.8, 4) is 0 Å². The Morgan fingerprint density at radius 1 is 0.500 bits per heavy atom. The SMILES string of the molecule is CCCCN(CCCC)S(=O)(=O)N(C)C.CCCN(CCC)S(=O)(=O)N(C)C. The van der Waals surface area contributed by atoms with Crippen LogP contribution in [0.3, 0.4) is 0 Å². The van der Waals surface area contributed by atoms with Crippen molar-refractivity contribution in [2.75, 3.05) is 54.4 Å². The fourth-order valence-electron chi connectivity index (χ4n) is 2.31. The Labute approximate surface area is 175 Å². The summed E-state index contributed by atoms with van der Waals surface area (Å²) in [6.07, 6.45) is 5.60. The van der Waals surface area contributed by atoms with Crippen molar-refractivity contribution in [2.24, 2.45) is 0 Å². The maximum atomic E-state index is 11.9. The van der Waals surface area contributed by atoms with Crippen LogP contribution in [0.1, 0.15) is 66.2 Å². The number of hydrogen-bond donors (Lipinski definition) is 0. The summed E-state index contributed by atoms with van der Waals surface area (Å²) in [6, 6.07) is 0. The van der Waals surface area contributed by atoms with Gasteiger partial charge >= 0.3 is 0 Å². The molecule has 0 saturated carbocycles. The van der Waals surface area contributed by atoms with Gasteiger partial charge in [0.2, 0.25) is 0 Å². The molecule has 0 aliphatic carbocycles. The van der Waals surface area contributed by atoms with E-state index in [1.807, 2.05) is 13.8 Å². The van der Waals surface area contributed by atoms with Crippen LogP contribution in [0.25, 0.3) is 0 Å². The second-order valence-electron chi connectivity index (χ2n) is 7.09. The number of nitrogens with zero attached hydrogens (tertiary/aromatic N) is 4. The average molecular weight is 445 g/mol. The summed E-state index contributed by atoms with van der Waals surface area (Å²) in [5.74, 6) is 0. The molecule has 0 amide bonds. The summed E-state index contributed by atoms with van der Waals surface area (Å²) < 4.78 is 52.8. The smallest absolute Gasteiger partial charge is 0.195 e. The Hall–Kier alpha value is -0.260. The molecule has 0 aromatic heterocycles. The molecule has 8 nitrogen and oxygen atoms in total. The lowest BCUT2D eigenvalue weighted by molar-refractivity contribution is 0.363. The van der Waals surface area contributed by atoms with Crippen molar-refractivity contribution in [1.82, 2.24) is 17.2 Å². The largest absolute Gasteiger partial charge is 0.281 e. The van der Waals surface area contributed by atoms with E-state index in [0.717, 1.165) is 38.5 Å². The second-order valence-corrected chi connectivity index (χ2v) is 11.4. The minimum atomic E-state index is -3.22. The standard InChI is InChI=1S/C10H24N2O2S.C8H20N2O2S/c1-5-7-9-12(10-8-6-2)15(13,14)11(3)4;1-5-7-10(8-6-2)13(11,12)9(3)4/h5-10H2,1-4H3;5-8H2,1-4H3. The van der Waals surface area contributed by atoms with E-state index in [0.29, 0.717) is 26.2 Å². The maximum absolute atomic E-state index is 11.9. The third kappa shape index (κ3) is 11.1. The fraction of sp³-hybridized carbons (Fsp3) is 1.00. The van der Waals surface area contributed by atoms with Gasteiger partial charge in [-0.1, -0.05) is 40.5 Å². The molecule has 0 spiro atoms. The summed E-state index contributed by atoms with van der Waals surface area (Å²) in [5.41, 5.74) is 0. The molecule has 0 saturated heterocycles. The molecule has 0 rings (SSSR count). The normalized spacial score (nSPS) is 12.7. The van der Waals surface area contributed by atoms with Crippen LogP contribution in [0.5, 0.6) is 0 Å². The van der Waals surface area contributed by atoms with Gasteiger partial charge in [-0.3, -0.25) is 0 Å². The van der Waals surface area contributed by atoms with Crippen LogP contribution in [0.4, 0.5) is 0 Å². The van der Waals surface area contributed by atoms with Crippen LogP contribution in [0.15, 0.2) is 0 Å². The predicted octanol–water partition coefficient (Wildman–Crippen LogP) is 2.61. The zero-order valence-electron chi connectivity index (χ0n) is 19.3. The van der Waals surface area contributed by atoms with E-state index in [2.05, 4.69) is 13.8 Å². The Bertz CT molecular complexity index is 564. The molecule has 0 heterocycles. The van der Waals surface area contributed by atoms with Crippen LogP contribution in [-0.4, -0.2) is 88.4 Å². The summed E-state index contributed by atoms with van der Waals surface area (Å²) in [4.78, 5) is 0. The maximum Gasteiger partial charge on any atom is 0.281 e. The first kappa shape index (κ1) is 29.9. The molecule has 0 aliphatic rings. The fourth-order valence-corrected chi connectivity index (χ4v) is 4.78. The highest BCUT2D eigenvalue weighted by atomic mass is 32.2. The van der Waals surface area contributed by atoms with Gasteiger partial charge in [-0.15, -0.1) is 0 Å². The first-order valence-corrected chi connectivity index (χ1v) is 13.1. The molecule has 0 fully saturated rings. The third-order valence-corrected chi connectivity index (χ3v) is 7.92. The first-order valence-electron chi connectivity index (χ1n) is 10.3. The van der Waals surface area contributed by atoms with Gasteiger partial charge in [0.25, 0.3) is 20.4 Å². The van der Waals surface area contributed by atoms with Gasteiger partial charge < -0.3 is 0 Å². The van der Waals surface area contributed by atoms with Gasteiger partial charge in [-0.2, -0.15) is 34.1 Å². The van der Waals surface area contributed by atoms with Gasteiger partial charge in [0.1, 0.15) is 0 Å². The molecule has 0 aromatic rings. The lowest BCUT2D eigenvalue weighted by atomic mass is 10.3. The third-order valence-electron chi connectivity index (χ3n) is 4.04. The van der Waals surface area contributed by atoms with Crippen LogP contribution in [0.2, 0.25) is 0 Å². The van der Waals surface area contributed by atoms with Crippen LogP contribution in [0, 0.1) is 0 Å². The van der Waals surface area contributed by atoms with E-state index < -0.39 is 20.4 Å². The van der Waals surface area contributed by atoms with E-state index in [1.54, 1.807) is 32.5 Å². The van der Waals surface area contributed by atoms with Crippen molar-refractivity contribution < 1.29 is 16.8 Å². The van der Waals surface area contributed by atoms with Crippen molar-refractivity contribution in [3.05, 3.63) is 0 Å². The Morgan fingerprint density at radius 2 is 0.786 bits per heavy atom. The molecule has 0 atom stereocenters. The highest BCUT2D eigenvalue weighted by molar-refractivity contribution is 7.87. The quantitative estimate of drug-likeness (QED) is 0.412. The Kier molecular flexibility index (Phi) is 16.6. The molecular weight excluding hydrogens is 400 g/mol. The topological polar surface area (TPSA) is 81.2 Å². The minimum Gasteiger partial charge on any atom is -0.195 e. The van der Waals surface area contributed by atoms with E-state index in [1.165, 1.54) is 12.9 Å². The summed E-state index contributed by atoms with van der Waals surface area (Å²) in [7, 11) is -0.120. The molecule has 10 heteroatoms. The van der Waals surface area contributed by atoms with Gasteiger partial charge in [-0.25, -0.2) is 0 Å². The highest BCUT2D eigenvalue weighted by Gasteiger charge is 2.23. The van der Waals surface area contributed by atoms with E-state index in [9.17, 15) is 16.8 Å². The predicted molar refractivity (Wildman–Crippen MR) is 119 cm³/mol. The van der Waals surface area contributed by atoms with Gasteiger partial charge in [0.05, 0.1) is 0 Å². The Morgan fingerprint density at radius 3 is 1.00 bits per heavy atom. The lowest BCUT2D eigenvalue weighted by Gasteiger charge is -2.25. The summed E-state index contributed by atoms with van der Waals surface area (Å²) in [6.45, 7) is 10.6. The van der Waals surface area contributed by atoms with Crippen LogP contribution >= 0.6 is 0 Å². The highest BCUT2D eigenvalue weighted by Crippen LogP contribution is 2.08. The van der Waals surface area contributed by atoms with Gasteiger partial charge in [-0.05, 0) is 25.7 Å². The number of unbranched alkanes of at least 4 members (excludes halogenated alkanes) is 2. The van der Waals surface area contributed by atoms with Crippen LogP contribution in [-0.2, 0) is 20.4 Å². The van der Waals surface area contributed by atoms with Crippen molar-refractivity contribution >= 4 is 20.4 Å². The second kappa shape index (κ2) is 15.6. The molecule has 28 heavy (non-hydrogen) atoms. The van der Waals surface area contributed by atoms with Crippen LogP contribution < -0.4 is 0 Å². The van der Waals surface area contributed by atoms with Crippen molar-refractivity contribution in [2.45, 2.75) is 66.2 Å². The number of hydrogen-bond acceptors (Lipinski definition) is 4.